The molecule has 86 valence electrons. The van der Waals surface area contributed by atoms with E-state index in [1.807, 2.05) is 0 Å². The summed E-state index contributed by atoms with van der Waals surface area (Å²) >= 11 is 3.77. The molecule has 0 spiro atoms. The average molecular weight is 279 g/mol. The lowest BCUT2D eigenvalue weighted by atomic mass is 9.93. The van der Waals surface area contributed by atoms with Crippen molar-refractivity contribution < 1.29 is 0 Å². The van der Waals surface area contributed by atoms with E-state index in [1.54, 1.807) is 0 Å². The van der Waals surface area contributed by atoms with Gasteiger partial charge in [-0.2, -0.15) is 0 Å². The van der Waals surface area contributed by atoms with Gasteiger partial charge in [0.15, 0.2) is 0 Å². The third-order valence-electron chi connectivity index (χ3n) is 3.32. The molecule has 2 rings (SSSR count). The quantitative estimate of drug-likeness (QED) is 0.645. The first-order chi connectivity index (χ1) is 7.88. The zero-order chi connectivity index (χ0) is 11.2. The van der Waals surface area contributed by atoms with Crippen LogP contribution < -0.4 is 0 Å². The van der Waals surface area contributed by atoms with Crippen molar-refractivity contribution >= 4 is 15.9 Å². The minimum absolute atomic E-state index is 0.583. The van der Waals surface area contributed by atoms with Crippen LogP contribution in [0.1, 0.15) is 50.0 Å². The van der Waals surface area contributed by atoms with Gasteiger partial charge in [-0.1, -0.05) is 71.6 Å². The van der Waals surface area contributed by atoms with Crippen molar-refractivity contribution in [3.63, 3.8) is 0 Å². The monoisotopic (exact) mass is 278 g/mol. The Bertz CT molecular complexity index is 340. The van der Waals surface area contributed by atoms with Crippen LogP contribution in [0.4, 0.5) is 0 Å². The lowest BCUT2D eigenvalue weighted by Crippen LogP contribution is -1.98. The number of rotatable bonds is 1. The maximum Gasteiger partial charge on any atom is 0.0152 e. The lowest BCUT2D eigenvalue weighted by Gasteiger charge is -2.16. The van der Waals surface area contributed by atoms with Crippen LogP contribution in [-0.2, 0) is 0 Å². The van der Waals surface area contributed by atoms with Crippen LogP contribution in [-0.4, -0.2) is 0 Å². The number of hydrogen-bond donors (Lipinski definition) is 0. The predicted octanol–water partition coefficient (Wildman–Crippen LogP) is 5.40. The molecule has 1 atom stereocenters. The van der Waals surface area contributed by atoms with E-state index < -0.39 is 0 Å². The minimum atomic E-state index is 0.583. The van der Waals surface area contributed by atoms with Gasteiger partial charge in [0, 0.05) is 5.92 Å². The smallest absolute Gasteiger partial charge is 0.0152 e. The van der Waals surface area contributed by atoms with Crippen molar-refractivity contribution in [2.75, 3.05) is 0 Å². The maximum absolute atomic E-state index is 3.77. The summed E-state index contributed by atoms with van der Waals surface area (Å²) in [4.78, 5) is 0. The van der Waals surface area contributed by atoms with Crippen LogP contribution in [0.2, 0.25) is 0 Å². The van der Waals surface area contributed by atoms with Gasteiger partial charge in [0.2, 0.25) is 0 Å². The zero-order valence-electron chi connectivity index (χ0n) is 9.66. The second-order valence-corrected chi connectivity index (χ2v) is 5.46. The summed E-state index contributed by atoms with van der Waals surface area (Å²) in [6.45, 7) is 0. The number of halogens is 1. The van der Waals surface area contributed by atoms with Gasteiger partial charge in [0.1, 0.15) is 0 Å². The van der Waals surface area contributed by atoms with Crippen molar-refractivity contribution in [3.8, 4) is 0 Å². The van der Waals surface area contributed by atoms with Crippen LogP contribution in [0.5, 0.6) is 0 Å². The third-order valence-corrected chi connectivity index (χ3v) is 4.20. The van der Waals surface area contributed by atoms with E-state index in [0.29, 0.717) is 5.92 Å². The van der Waals surface area contributed by atoms with Gasteiger partial charge in [0.05, 0.1) is 0 Å². The standard InChI is InChI=1S/C15H19Br/c16-15-12-8-3-1-2-7-11-14(15)13-9-5-4-6-10-13/h4-6,9-10,12,14H,1-3,7-8,11H2. The largest absolute Gasteiger partial charge is 0.0737 e. The summed E-state index contributed by atoms with van der Waals surface area (Å²) < 4.78 is 1.39. The Morgan fingerprint density at radius 1 is 0.938 bits per heavy atom. The minimum Gasteiger partial charge on any atom is -0.0737 e. The number of hydrogen-bond acceptors (Lipinski definition) is 0. The Kier molecular flexibility index (Phi) is 4.65. The highest BCUT2D eigenvalue weighted by molar-refractivity contribution is 9.11. The van der Waals surface area contributed by atoms with Crippen molar-refractivity contribution in [3.05, 3.63) is 46.5 Å². The fourth-order valence-corrected chi connectivity index (χ4v) is 3.10. The van der Waals surface area contributed by atoms with E-state index in [2.05, 4.69) is 52.3 Å². The van der Waals surface area contributed by atoms with E-state index in [-0.39, 0.29) is 0 Å². The molecule has 0 radical (unpaired) electrons. The van der Waals surface area contributed by atoms with Crippen LogP contribution in [0.25, 0.3) is 0 Å². The van der Waals surface area contributed by atoms with Crippen molar-refractivity contribution in [2.45, 2.75) is 44.4 Å². The summed E-state index contributed by atoms with van der Waals surface area (Å²) in [5.74, 6) is 0.583. The topological polar surface area (TPSA) is 0 Å². The Balaban J connectivity index is 2.18. The van der Waals surface area contributed by atoms with Gasteiger partial charge in [-0.25, -0.2) is 0 Å². The van der Waals surface area contributed by atoms with E-state index in [1.165, 1.54) is 48.6 Å². The summed E-state index contributed by atoms with van der Waals surface area (Å²) in [6.07, 6.45) is 10.4. The van der Waals surface area contributed by atoms with Crippen molar-refractivity contribution in [2.24, 2.45) is 0 Å². The van der Waals surface area contributed by atoms with Gasteiger partial charge in [-0.15, -0.1) is 0 Å². The molecule has 0 saturated carbocycles. The lowest BCUT2D eigenvalue weighted by molar-refractivity contribution is 0.604. The summed E-state index contributed by atoms with van der Waals surface area (Å²) in [6, 6.07) is 10.9. The van der Waals surface area contributed by atoms with Gasteiger partial charge >= 0.3 is 0 Å². The van der Waals surface area contributed by atoms with E-state index in [0.717, 1.165) is 0 Å². The van der Waals surface area contributed by atoms with E-state index in [9.17, 15) is 0 Å². The average Bonchev–Trinajstić information content (AvgIpc) is 2.43. The highest BCUT2D eigenvalue weighted by atomic mass is 79.9. The molecule has 0 amide bonds. The summed E-state index contributed by atoms with van der Waals surface area (Å²) in [5.41, 5.74) is 1.45. The fraction of sp³-hybridized carbons (Fsp3) is 0.467. The maximum atomic E-state index is 3.77. The first-order valence-corrected chi connectivity index (χ1v) is 7.08. The Morgan fingerprint density at radius 2 is 1.69 bits per heavy atom. The second-order valence-electron chi connectivity index (χ2n) is 4.54. The van der Waals surface area contributed by atoms with Crippen LogP contribution in [0.15, 0.2) is 40.9 Å². The molecule has 0 aliphatic heterocycles. The Hall–Kier alpha value is -0.560. The third kappa shape index (κ3) is 3.21. The first kappa shape index (κ1) is 11.9. The predicted molar refractivity (Wildman–Crippen MR) is 73.9 cm³/mol. The van der Waals surface area contributed by atoms with Gasteiger partial charge in [-0.05, 0) is 29.3 Å². The molecule has 0 saturated heterocycles. The molecule has 1 aliphatic carbocycles. The fourth-order valence-electron chi connectivity index (χ4n) is 2.38. The normalized spacial score (nSPS) is 22.8. The molecule has 16 heavy (non-hydrogen) atoms. The molecule has 1 aromatic carbocycles. The highest BCUT2D eigenvalue weighted by Gasteiger charge is 2.14. The molecule has 1 aromatic rings. The van der Waals surface area contributed by atoms with Crippen molar-refractivity contribution in [1.82, 2.24) is 0 Å². The molecule has 1 unspecified atom stereocenters. The van der Waals surface area contributed by atoms with Crippen molar-refractivity contribution in [1.29, 1.82) is 0 Å². The van der Waals surface area contributed by atoms with Crippen LogP contribution in [0.3, 0.4) is 0 Å². The van der Waals surface area contributed by atoms with Gasteiger partial charge in [-0.3, -0.25) is 0 Å². The molecule has 0 fully saturated rings. The highest BCUT2D eigenvalue weighted by Crippen LogP contribution is 2.35. The molecule has 1 aliphatic rings. The number of benzene rings is 1. The molecule has 0 aromatic heterocycles. The summed E-state index contributed by atoms with van der Waals surface area (Å²) in [5, 5.41) is 0. The molecular formula is C15H19Br. The van der Waals surface area contributed by atoms with Gasteiger partial charge < -0.3 is 0 Å². The molecular weight excluding hydrogens is 260 g/mol. The van der Waals surface area contributed by atoms with E-state index in [4.69, 9.17) is 0 Å². The molecule has 0 bridgehead atoms. The van der Waals surface area contributed by atoms with Gasteiger partial charge in [0.25, 0.3) is 0 Å². The first-order valence-electron chi connectivity index (χ1n) is 6.28. The molecule has 0 N–H and O–H groups in total. The molecule has 0 heterocycles. The number of allylic oxidation sites excluding steroid dienone is 2. The molecule has 1 heteroatoms. The summed E-state index contributed by atoms with van der Waals surface area (Å²) in [7, 11) is 0. The van der Waals surface area contributed by atoms with Crippen LogP contribution >= 0.6 is 15.9 Å². The SMILES string of the molecule is BrC1=CCCCCCCC1c1ccccc1. The Morgan fingerprint density at radius 3 is 2.50 bits per heavy atom. The molecule has 0 nitrogen and oxygen atoms in total. The zero-order valence-corrected chi connectivity index (χ0v) is 11.2. The second kappa shape index (κ2) is 6.24. The Labute approximate surface area is 107 Å². The van der Waals surface area contributed by atoms with Crippen LogP contribution in [0, 0.1) is 0 Å². The van der Waals surface area contributed by atoms with E-state index >= 15 is 0 Å².